The van der Waals surface area contributed by atoms with Crippen LogP contribution in [0.2, 0.25) is 0 Å². The van der Waals surface area contributed by atoms with Crippen LogP contribution in [0, 0.1) is 6.92 Å². The van der Waals surface area contributed by atoms with Gasteiger partial charge in [-0.05, 0) is 37.6 Å². The lowest BCUT2D eigenvalue weighted by atomic mass is 10.1. The first-order chi connectivity index (χ1) is 6.77. The highest BCUT2D eigenvalue weighted by atomic mass is 14.9. The fraction of sp³-hybridized carbons (Fsp3) is 0.417. The number of hydrogen-bond acceptors (Lipinski definition) is 2. The first kappa shape index (κ1) is 10.9. The summed E-state index contributed by atoms with van der Waals surface area (Å²) in [6.45, 7) is 9.03. The van der Waals surface area contributed by atoms with Crippen LogP contribution in [-0.2, 0) is 0 Å². The maximum absolute atomic E-state index is 4.33. The van der Waals surface area contributed by atoms with Crippen LogP contribution in [0.4, 0.5) is 0 Å². The van der Waals surface area contributed by atoms with E-state index in [4.69, 9.17) is 0 Å². The third kappa shape index (κ3) is 2.96. The Morgan fingerprint density at radius 3 is 3.00 bits per heavy atom. The molecule has 0 saturated heterocycles. The normalized spacial score (nSPS) is 12.4. The quantitative estimate of drug-likeness (QED) is 0.722. The van der Waals surface area contributed by atoms with Crippen LogP contribution in [0.5, 0.6) is 0 Å². The summed E-state index contributed by atoms with van der Waals surface area (Å²) in [7, 11) is 0. The van der Waals surface area contributed by atoms with Crippen molar-refractivity contribution in [2.75, 3.05) is 6.54 Å². The van der Waals surface area contributed by atoms with E-state index in [0.29, 0.717) is 0 Å². The highest BCUT2D eigenvalue weighted by molar-refractivity contribution is 5.19. The molecule has 0 aromatic carbocycles. The highest BCUT2D eigenvalue weighted by Gasteiger charge is 2.06. The van der Waals surface area contributed by atoms with E-state index in [9.17, 15) is 0 Å². The molecule has 14 heavy (non-hydrogen) atoms. The van der Waals surface area contributed by atoms with E-state index in [1.165, 1.54) is 5.56 Å². The Hall–Kier alpha value is -1.15. The molecule has 1 unspecified atom stereocenters. The third-order valence-electron chi connectivity index (χ3n) is 2.11. The third-order valence-corrected chi connectivity index (χ3v) is 2.11. The monoisotopic (exact) mass is 190 g/mol. The zero-order valence-electron chi connectivity index (χ0n) is 8.96. The zero-order valence-corrected chi connectivity index (χ0v) is 8.96. The van der Waals surface area contributed by atoms with Crippen LogP contribution in [0.1, 0.15) is 30.6 Å². The number of aromatic nitrogens is 1. The lowest BCUT2D eigenvalue weighted by Gasteiger charge is -2.13. The van der Waals surface area contributed by atoms with Gasteiger partial charge in [-0.1, -0.05) is 13.0 Å². The van der Waals surface area contributed by atoms with E-state index >= 15 is 0 Å². The van der Waals surface area contributed by atoms with Crippen LogP contribution in [0.3, 0.4) is 0 Å². The second-order valence-corrected chi connectivity index (χ2v) is 3.43. The average molecular weight is 190 g/mol. The van der Waals surface area contributed by atoms with Gasteiger partial charge in [0.1, 0.15) is 0 Å². The Labute approximate surface area is 86.1 Å². The minimum atomic E-state index is 0.176. The molecule has 0 aliphatic heterocycles. The van der Waals surface area contributed by atoms with Crippen molar-refractivity contribution in [1.29, 1.82) is 0 Å². The van der Waals surface area contributed by atoms with Crippen molar-refractivity contribution in [3.63, 3.8) is 0 Å². The predicted molar refractivity (Wildman–Crippen MR) is 60.2 cm³/mol. The van der Waals surface area contributed by atoms with Gasteiger partial charge in [-0.3, -0.25) is 4.98 Å². The zero-order chi connectivity index (χ0) is 10.4. The molecule has 1 N–H and O–H groups in total. The molecule has 0 spiro atoms. The Kier molecular flexibility index (Phi) is 4.33. The first-order valence-electron chi connectivity index (χ1n) is 5.06. The van der Waals surface area contributed by atoms with Crippen molar-refractivity contribution in [3.8, 4) is 0 Å². The smallest absolute Gasteiger partial charge is 0.0678 e. The van der Waals surface area contributed by atoms with Gasteiger partial charge in [0.15, 0.2) is 0 Å². The second-order valence-electron chi connectivity index (χ2n) is 3.43. The summed E-state index contributed by atoms with van der Waals surface area (Å²) in [5.74, 6) is 0. The maximum atomic E-state index is 4.33. The average Bonchev–Trinajstić information content (AvgIpc) is 2.19. The number of aryl methyl sites for hydroxylation is 1. The number of nitrogens with zero attached hydrogens (tertiary/aromatic N) is 1. The lowest BCUT2D eigenvalue weighted by molar-refractivity contribution is 0.601. The molecule has 0 amide bonds. The van der Waals surface area contributed by atoms with Crippen LogP contribution in [0.15, 0.2) is 31.0 Å². The molecule has 0 bridgehead atoms. The lowest BCUT2D eigenvalue weighted by Crippen LogP contribution is -2.21. The number of nitrogens with one attached hydrogen (secondary N) is 1. The number of hydrogen-bond donors (Lipinski definition) is 1. The summed E-state index contributed by atoms with van der Waals surface area (Å²) in [6.07, 6.45) is 4.86. The van der Waals surface area contributed by atoms with E-state index in [1.807, 2.05) is 18.3 Å². The van der Waals surface area contributed by atoms with Gasteiger partial charge in [-0.15, -0.1) is 6.58 Å². The van der Waals surface area contributed by atoms with Gasteiger partial charge in [0.25, 0.3) is 0 Å². The molecule has 0 radical (unpaired) electrons. The van der Waals surface area contributed by atoms with Crippen molar-refractivity contribution in [3.05, 3.63) is 42.2 Å². The molecule has 1 aromatic heterocycles. The van der Waals surface area contributed by atoms with E-state index in [-0.39, 0.29) is 6.04 Å². The second kappa shape index (κ2) is 5.55. The van der Waals surface area contributed by atoms with Gasteiger partial charge in [0.2, 0.25) is 0 Å². The van der Waals surface area contributed by atoms with Crippen molar-refractivity contribution in [2.45, 2.75) is 26.3 Å². The molecule has 1 atom stereocenters. The SMILES string of the molecule is C=CC(NCCC)c1cc(C)ccn1. The summed E-state index contributed by atoms with van der Waals surface area (Å²) >= 11 is 0. The minimum Gasteiger partial charge on any atom is -0.305 e. The molecule has 0 aliphatic carbocycles. The summed E-state index contributed by atoms with van der Waals surface area (Å²) < 4.78 is 0. The van der Waals surface area contributed by atoms with Crippen LogP contribution < -0.4 is 5.32 Å². The Morgan fingerprint density at radius 2 is 2.43 bits per heavy atom. The minimum absolute atomic E-state index is 0.176. The Morgan fingerprint density at radius 1 is 1.64 bits per heavy atom. The largest absolute Gasteiger partial charge is 0.305 e. The maximum Gasteiger partial charge on any atom is 0.0678 e. The Balaban J connectivity index is 2.73. The van der Waals surface area contributed by atoms with Crippen molar-refractivity contribution in [2.24, 2.45) is 0 Å². The molecule has 0 fully saturated rings. The molecule has 2 nitrogen and oxygen atoms in total. The fourth-order valence-corrected chi connectivity index (χ4v) is 1.34. The number of rotatable bonds is 5. The van der Waals surface area contributed by atoms with E-state index < -0.39 is 0 Å². The predicted octanol–water partition coefficient (Wildman–Crippen LogP) is 2.62. The Bertz CT molecular complexity index is 294. The number of pyridine rings is 1. The molecule has 1 heterocycles. The molecular formula is C12H18N2. The van der Waals surface area contributed by atoms with Gasteiger partial charge in [-0.25, -0.2) is 0 Å². The fourth-order valence-electron chi connectivity index (χ4n) is 1.34. The summed E-state index contributed by atoms with van der Waals surface area (Å²) in [5.41, 5.74) is 2.29. The van der Waals surface area contributed by atoms with E-state index in [0.717, 1.165) is 18.7 Å². The van der Waals surface area contributed by atoms with E-state index in [2.05, 4.69) is 36.8 Å². The first-order valence-corrected chi connectivity index (χ1v) is 5.06. The van der Waals surface area contributed by atoms with Gasteiger partial charge < -0.3 is 5.32 Å². The summed E-state index contributed by atoms with van der Waals surface area (Å²) in [4.78, 5) is 4.33. The molecule has 1 rings (SSSR count). The van der Waals surface area contributed by atoms with E-state index in [1.54, 1.807) is 0 Å². The van der Waals surface area contributed by atoms with Gasteiger partial charge in [0.05, 0.1) is 11.7 Å². The standard InChI is InChI=1S/C12H18N2/c1-4-7-13-11(5-2)12-9-10(3)6-8-14-12/h5-6,8-9,11,13H,2,4,7H2,1,3H3. The molecule has 0 aliphatic rings. The van der Waals surface area contributed by atoms with Crippen molar-refractivity contribution >= 4 is 0 Å². The topological polar surface area (TPSA) is 24.9 Å². The molecule has 1 aromatic rings. The van der Waals surface area contributed by atoms with Crippen molar-refractivity contribution < 1.29 is 0 Å². The van der Waals surface area contributed by atoms with Crippen LogP contribution in [-0.4, -0.2) is 11.5 Å². The molecule has 0 saturated carbocycles. The molecule has 2 heteroatoms. The molecule has 76 valence electrons. The summed E-state index contributed by atoms with van der Waals surface area (Å²) in [6, 6.07) is 4.27. The van der Waals surface area contributed by atoms with Crippen molar-refractivity contribution in [1.82, 2.24) is 10.3 Å². The van der Waals surface area contributed by atoms with Crippen LogP contribution >= 0.6 is 0 Å². The molecular weight excluding hydrogens is 172 g/mol. The van der Waals surface area contributed by atoms with Gasteiger partial charge in [-0.2, -0.15) is 0 Å². The highest BCUT2D eigenvalue weighted by Crippen LogP contribution is 2.12. The van der Waals surface area contributed by atoms with Gasteiger partial charge in [0, 0.05) is 6.20 Å². The summed E-state index contributed by atoms with van der Waals surface area (Å²) in [5, 5.41) is 3.38. The van der Waals surface area contributed by atoms with Gasteiger partial charge >= 0.3 is 0 Å². The van der Waals surface area contributed by atoms with Crippen LogP contribution in [0.25, 0.3) is 0 Å².